The maximum absolute atomic E-state index is 12.3. The first kappa shape index (κ1) is 16.9. The van der Waals surface area contributed by atoms with Crippen LogP contribution in [0, 0.1) is 0 Å². The topological polar surface area (TPSA) is 72.4 Å². The molecule has 0 saturated carbocycles. The number of amides is 1. The summed E-state index contributed by atoms with van der Waals surface area (Å²) in [6, 6.07) is 0. The molecule has 1 saturated heterocycles. The van der Waals surface area contributed by atoms with E-state index in [1.165, 1.54) is 0 Å². The number of likely N-dealkylation sites (tertiary alicyclic amines) is 1. The third-order valence-electron chi connectivity index (χ3n) is 4.44. The van der Waals surface area contributed by atoms with Crippen LogP contribution in [0.4, 0.5) is 4.79 Å². The molecule has 6 heteroatoms. The van der Waals surface area contributed by atoms with Gasteiger partial charge in [0.2, 0.25) is 0 Å². The first-order valence-corrected chi connectivity index (χ1v) is 8.70. The lowest BCUT2D eigenvalue weighted by Gasteiger charge is -2.33. The Bertz CT molecular complexity index is 651. The second kappa shape index (κ2) is 6.49. The van der Waals surface area contributed by atoms with Crippen LogP contribution in [0.1, 0.15) is 74.2 Å². The maximum Gasteiger partial charge on any atom is 0.410 e. The summed E-state index contributed by atoms with van der Waals surface area (Å²) in [5.74, 6) is 0.993. The Morgan fingerprint density at radius 3 is 2.83 bits per heavy atom. The minimum Gasteiger partial charge on any atom is -0.444 e. The fourth-order valence-electron chi connectivity index (χ4n) is 3.28. The molecule has 0 bridgehead atoms. The first-order valence-electron chi connectivity index (χ1n) is 8.70. The zero-order chi connectivity index (χ0) is 17.3. The first-order chi connectivity index (χ1) is 11.3. The fraction of sp³-hybridized carbons (Fsp3) is 0.667. The van der Waals surface area contributed by atoms with Crippen LogP contribution < -0.4 is 0 Å². The number of ether oxygens (including phenoxy) is 1. The van der Waals surface area contributed by atoms with Crippen LogP contribution in [0.5, 0.6) is 0 Å². The van der Waals surface area contributed by atoms with E-state index in [-0.39, 0.29) is 17.8 Å². The zero-order valence-electron chi connectivity index (χ0n) is 14.7. The number of ketones is 1. The van der Waals surface area contributed by atoms with Crippen molar-refractivity contribution in [2.75, 3.05) is 13.1 Å². The number of nitrogens with zero attached hydrogens (tertiary/aromatic N) is 3. The number of Topliss-reactive ketones (excluding diaryl/α,β-unsaturated/α-hetero) is 1. The number of carbonyl (C=O) groups excluding carboxylic acids is 2. The zero-order valence-corrected chi connectivity index (χ0v) is 14.7. The van der Waals surface area contributed by atoms with Gasteiger partial charge in [-0.2, -0.15) is 0 Å². The number of rotatable bonds is 1. The monoisotopic (exact) mass is 331 g/mol. The summed E-state index contributed by atoms with van der Waals surface area (Å²) in [6.45, 7) is 6.89. The van der Waals surface area contributed by atoms with Crippen molar-refractivity contribution in [1.82, 2.24) is 14.9 Å². The molecule has 6 nitrogen and oxygen atoms in total. The minimum absolute atomic E-state index is 0.105. The molecule has 1 aromatic rings. The van der Waals surface area contributed by atoms with Crippen molar-refractivity contribution in [2.45, 2.75) is 64.4 Å². The van der Waals surface area contributed by atoms with E-state index < -0.39 is 5.60 Å². The Balaban J connectivity index is 1.73. The summed E-state index contributed by atoms with van der Waals surface area (Å²) in [5.41, 5.74) is 1.04. The van der Waals surface area contributed by atoms with Crippen LogP contribution in [-0.2, 0) is 11.2 Å². The number of hydrogen-bond donors (Lipinski definition) is 0. The van der Waals surface area contributed by atoms with Crippen LogP contribution in [-0.4, -0.2) is 45.4 Å². The van der Waals surface area contributed by atoms with E-state index in [1.54, 1.807) is 11.1 Å². The van der Waals surface area contributed by atoms with Crippen molar-refractivity contribution in [1.29, 1.82) is 0 Å². The Hall–Kier alpha value is -1.98. The van der Waals surface area contributed by atoms with E-state index in [4.69, 9.17) is 4.74 Å². The molecule has 3 rings (SSSR count). The molecular formula is C18H25N3O3. The molecule has 1 fully saturated rings. The lowest BCUT2D eigenvalue weighted by Crippen LogP contribution is -2.42. The molecule has 1 aromatic heterocycles. The molecule has 0 N–H and O–H groups in total. The van der Waals surface area contributed by atoms with E-state index in [0.717, 1.165) is 37.2 Å². The summed E-state index contributed by atoms with van der Waals surface area (Å²) >= 11 is 0. The molecule has 130 valence electrons. The second-order valence-corrected chi connectivity index (χ2v) is 7.63. The van der Waals surface area contributed by atoms with Crippen molar-refractivity contribution in [3.63, 3.8) is 0 Å². The average molecular weight is 331 g/mol. The van der Waals surface area contributed by atoms with E-state index >= 15 is 0 Å². The van der Waals surface area contributed by atoms with Crippen molar-refractivity contribution in [2.24, 2.45) is 0 Å². The van der Waals surface area contributed by atoms with E-state index in [9.17, 15) is 9.59 Å². The second-order valence-electron chi connectivity index (χ2n) is 7.63. The Morgan fingerprint density at radius 1 is 1.29 bits per heavy atom. The molecule has 2 heterocycles. The number of aromatic nitrogens is 2. The Morgan fingerprint density at radius 2 is 2.08 bits per heavy atom. The highest BCUT2D eigenvalue weighted by Crippen LogP contribution is 2.27. The predicted molar refractivity (Wildman–Crippen MR) is 89.1 cm³/mol. The summed E-state index contributed by atoms with van der Waals surface area (Å²) in [5, 5.41) is 0. The molecule has 1 unspecified atom stereocenters. The quantitative estimate of drug-likeness (QED) is 0.790. The van der Waals surface area contributed by atoms with E-state index in [1.807, 2.05) is 20.8 Å². The van der Waals surface area contributed by atoms with Gasteiger partial charge in [0.05, 0.1) is 11.3 Å². The summed E-state index contributed by atoms with van der Waals surface area (Å²) < 4.78 is 5.47. The number of fused-ring (bicyclic) bond motifs is 1. The molecule has 0 spiro atoms. The molecule has 0 radical (unpaired) electrons. The van der Waals surface area contributed by atoms with Gasteiger partial charge in [-0.15, -0.1) is 0 Å². The standard InChI is InChI=1S/C18H25N3O3/c1-18(2,3)24-17(23)21-9-5-6-12(11-21)16-19-10-13-14(20-16)7-4-8-15(13)22/h10,12H,4-9,11H2,1-3H3. The average Bonchev–Trinajstić information content (AvgIpc) is 2.53. The summed E-state index contributed by atoms with van der Waals surface area (Å²) in [6.07, 6.45) is 5.53. The molecule has 1 aliphatic carbocycles. The molecular weight excluding hydrogens is 306 g/mol. The van der Waals surface area contributed by atoms with E-state index in [2.05, 4.69) is 9.97 Å². The van der Waals surface area contributed by atoms with Gasteiger partial charge in [0.25, 0.3) is 0 Å². The van der Waals surface area contributed by atoms with Crippen LogP contribution in [0.25, 0.3) is 0 Å². The Kier molecular flexibility index (Phi) is 4.56. The molecule has 0 aromatic carbocycles. The Labute approximate surface area is 142 Å². The van der Waals surface area contributed by atoms with Gasteiger partial charge in [-0.3, -0.25) is 4.79 Å². The van der Waals surface area contributed by atoms with Gasteiger partial charge in [0, 0.05) is 31.6 Å². The number of aryl methyl sites for hydroxylation is 1. The number of hydrogen-bond acceptors (Lipinski definition) is 5. The molecule has 1 atom stereocenters. The highest BCUT2D eigenvalue weighted by Gasteiger charge is 2.30. The highest BCUT2D eigenvalue weighted by molar-refractivity contribution is 5.97. The van der Waals surface area contributed by atoms with Crippen molar-refractivity contribution < 1.29 is 14.3 Å². The molecule has 1 amide bonds. The predicted octanol–water partition coefficient (Wildman–Crippen LogP) is 3.11. The smallest absolute Gasteiger partial charge is 0.410 e. The number of piperidine rings is 1. The van der Waals surface area contributed by atoms with Crippen LogP contribution in [0.3, 0.4) is 0 Å². The largest absolute Gasteiger partial charge is 0.444 e. The SMILES string of the molecule is CC(C)(C)OC(=O)N1CCCC(c2ncc3c(n2)CCCC3=O)C1. The van der Waals surface area contributed by atoms with Gasteiger partial charge in [-0.05, 0) is 46.5 Å². The normalized spacial score (nSPS) is 21.4. The third kappa shape index (κ3) is 3.74. The minimum atomic E-state index is -0.493. The van der Waals surface area contributed by atoms with Crippen LogP contribution >= 0.6 is 0 Å². The molecule has 24 heavy (non-hydrogen) atoms. The van der Waals surface area contributed by atoms with Gasteiger partial charge >= 0.3 is 6.09 Å². The van der Waals surface area contributed by atoms with Crippen LogP contribution in [0.2, 0.25) is 0 Å². The number of carbonyl (C=O) groups is 2. The van der Waals surface area contributed by atoms with E-state index in [0.29, 0.717) is 25.1 Å². The van der Waals surface area contributed by atoms with Crippen molar-refractivity contribution in [3.05, 3.63) is 23.3 Å². The van der Waals surface area contributed by atoms with Crippen molar-refractivity contribution in [3.8, 4) is 0 Å². The van der Waals surface area contributed by atoms with Gasteiger partial charge in [-0.1, -0.05) is 0 Å². The lowest BCUT2D eigenvalue weighted by molar-refractivity contribution is 0.0196. The maximum atomic E-state index is 12.3. The van der Waals surface area contributed by atoms with Gasteiger partial charge < -0.3 is 9.64 Å². The third-order valence-corrected chi connectivity index (χ3v) is 4.44. The van der Waals surface area contributed by atoms with Gasteiger partial charge in [-0.25, -0.2) is 14.8 Å². The van der Waals surface area contributed by atoms with Crippen LogP contribution in [0.15, 0.2) is 6.20 Å². The van der Waals surface area contributed by atoms with Gasteiger partial charge in [0.1, 0.15) is 11.4 Å². The highest BCUT2D eigenvalue weighted by atomic mass is 16.6. The molecule has 2 aliphatic rings. The van der Waals surface area contributed by atoms with Gasteiger partial charge in [0.15, 0.2) is 5.78 Å². The van der Waals surface area contributed by atoms with Crippen molar-refractivity contribution >= 4 is 11.9 Å². The summed E-state index contributed by atoms with van der Waals surface area (Å²) in [7, 11) is 0. The lowest BCUT2D eigenvalue weighted by atomic mass is 9.94. The fourth-order valence-corrected chi connectivity index (χ4v) is 3.28. The molecule has 1 aliphatic heterocycles. The summed E-state index contributed by atoms with van der Waals surface area (Å²) in [4.78, 5) is 35.0.